The molecule has 0 heterocycles. The molecule has 0 N–H and O–H groups in total. The van der Waals surface area contributed by atoms with Crippen LogP contribution in [0.5, 0.6) is 0 Å². The lowest BCUT2D eigenvalue weighted by Crippen LogP contribution is -2.75. The molecule has 246 valence electrons. The fraction of sp³-hybridized carbons (Fsp3) is 0.944. The summed E-state index contributed by atoms with van der Waals surface area (Å²) in [6, 6.07) is 0. The van der Waals surface area contributed by atoms with Gasteiger partial charge in [-0.15, -0.1) is 0 Å². The zero-order valence-corrected chi connectivity index (χ0v) is 21.3. The Bertz CT molecular complexity index is 1030. The van der Waals surface area contributed by atoms with Gasteiger partial charge in [0.2, 0.25) is 0 Å². The number of carbonyl (C=O) groups excluding carboxylic acids is 1. The molecule has 0 saturated carbocycles. The van der Waals surface area contributed by atoms with Crippen LogP contribution < -0.4 is 0 Å². The van der Waals surface area contributed by atoms with Gasteiger partial charge in [0.05, 0.1) is 5.92 Å². The summed E-state index contributed by atoms with van der Waals surface area (Å²) >= 11 is 0. The maximum Gasteiger partial charge on any atom is 0.460 e. The molecule has 0 aliphatic heterocycles. The van der Waals surface area contributed by atoms with Crippen LogP contribution in [0.15, 0.2) is 0 Å². The van der Waals surface area contributed by atoms with E-state index in [4.69, 9.17) is 0 Å². The van der Waals surface area contributed by atoms with Crippen LogP contribution in [0.3, 0.4) is 0 Å². The molecule has 23 heteroatoms. The second-order valence-electron chi connectivity index (χ2n) is 8.34. The van der Waals surface area contributed by atoms with Crippen molar-refractivity contribution in [2.75, 3.05) is 19.7 Å². The molecule has 0 amide bonds. The Morgan fingerprint density at radius 2 is 1.02 bits per heavy atom. The van der Waals surface area contributed by atoms with Crippen molar-refractivity contribution in [1.82, 2.24) is 4.31 Å². The van der Waals surface area contributed by atoms with E-state index < -0.39 is 99.3 Å². The summed E-state index contributed by atoms with van der Waals surface area (Å²) in [6.45, 7) is -0.559. The zero-order chi connectivity index (χ0) is 33.5. The minimum Gasteiger partial charge on any atom is -0.464 e. The Kier molecular flexibility index (Phi) is 11.2. The van der Waals surface area contributed by atoms with E-state index in [1.807, 2.05) is 0 Å². The number of nitrogens with zero attached hydrogens (tertiary/aromatic N) is 1. The Balaban J connectivity index is 6.78. The molecule has 1 unspecified atom stereocenters. The Morgan fingerprint density at radius 3 is 1.37 bits per heavy atom. The van der Waals surface area contributed by atoms with Crippen molar-refractivity contribution in [3.63, 3.8) is 0 Å². The third kappa shape index (κ3) is 6.01. The fourth-order valence-electron chi connectivity index (χ4n) is 2.63. The maximum atomic E-state index is 14.4. The van der Waals surface area contributed by atoms with Gasteiger partial charge >= 0.3 is 52.9 Å². The number of hydrogen-bond acceptors (Lipinski definition) is 4. The van der Waals surface area contributed by atoms with Gasteiger partial charge in [-0.2, -0.15) is 78.9 Å². The standard InChI is InChI=1S/C18H20F17NO4S/c1-4-6-36(7-8-40-10(37)9(3)5-2)41(38,39)18(34,35)16(29,30)14(25,26)12(21,22)11(19,20)13(23,24)15(27,28)17(31,32)33/h9H,4-8H2,1-3H3. The molecule has 0 aromatic carbocycles. The van der Waals surface area contributed by atoms with E-state index in [0.29, 0.717) is 0 Å². The van der Waals surface area contributed by atoms with E-state index in [1.54, 1.807) is 0 Å². The van der Waals surface area contributed by atoms with Crippen LogP contribution in [-0.4, -0.2) is 85.4 Å². The van der Waals surface area contributed by atoms with Gasteiger partial charge < -0.3 is 4.74 Å². The quantitative estimate of drug-likeness (QED) is 0.146. The van der Waals surface area contributed by atoms with Crippen LogP contribution in [0, 0.1) is 5.92 Å². The summed E-state index contributed by atoms with van der Waals surface area (Å²) in [5.74, 6) is -54.0. The second kappa shape index (κ2) is 11.7. The molecule has 0 aliphatic rings. The summed E-state index contributed by atoms with van der Waals surface area (Å²) in [5.41, 5.74) is 0. The van der Waals surface area contributed by atoms with Gasteiger partial charge in [0.1, 0.15) is 6.61 Å². The average molecular weight is 669 g/mol. The molecule has 41 heavy (non-hydrogen) atoms. The summed E-state index contributed by atoms with van der Waals surface area (Å²) in [7, 11) is -7.44. The van der Waals surface area contributed by atoms with Crippen molar-refractivity contribution in [2.24, 2.45) is 5.92 Å². The van der Waals surface area contributed by atoms with Crippen molar-refractivity contribution in [3.05, 3.63) is 0 Å². The van der Waals surface area contributed by atoms with Crippen molar-refractivity contribution >= 4 is 16.0 Å². The molecule has 0 aromatic rings. The molecule has 0 fully saturated rings. The third-order valence-corrected chi connectivity index (χ3v) is 7.38. The van der Waals surface area contributed by atoms with E-state index in [0.717, 1.165) is 6.92 Å². The lowest BCUT2D eigenvalue weighted by Gasteiger charge is -2.43. The molecule has 0 bridgehead atoms. The number of sulfonamides is 1. The highest BCUT2D eigenvalue weighted by atomic mass is 32.2. The molecule has 0 aromatic heterocycles. The molecular weight excluding hydrogens is 649 g/mol. The van der Waals surface area contributed by atoms with Crippen LogP contribution in [0.1, 0.15) is 33.6 Å². The summed E-state index contributed by atoms with van der Waals surface area (Å²) in [6.07, 6.45) is -8.44. The molecule has 0 aliphatic carbocycles. The van der Waals surface area contributed by atoms with Crippen molar-refractivity contribution in [2.45, 2.75) is 80.6 Å². The Labute approximate surface area is 220 Å². The lowest BCUT2D eigenvalue weighted by molar-refractivity contribution is -0.458. The number of alkyl halides is 17. The van der Waals surface area contributed by atoms with Gasteiger partial charge in [-0.05, 0) is 12.8 Å². The highest BCUT2D eigenvalue weighted by Gasteiger charge is 2.96. The first kappa shape index (κ1) is 39.2. The van der Waals surface area contributed by atoms with Gasteiger partial charge in [0.25, 0.3) is 10.0 Å². The van der Waals surface area contributed by atoms with Gasteiger partial charge in [-0.1, -0.05) is 20.8 Å². The first-order chi connectivity index (χ1) is 17.8. The molecule has 0 spiro atoms. The normalized spacial score (nSPS) is 16.2. The number of halogens is 17. The summed E-state index contributed by atoms with van der Waals surface area (Å²) < 4.78 is 256. The van der Waals surface area contributed by atoms with Gasteiger partial charge in [0.15, 0.2) is 0 Å². The molecule has 0 saturated heterocycles. The minimum atomic E-state index is -8.90. The number of hydrogen-bond donors (Lipinski definition) is 0. The fourth-order valence-corrected chi connectivity index (χ4v) is 4.15. The predicted octanol–water partition coefficient (Wildman–Crippen LogP) is 6.58. The second-order valence-corrected chi connectivity index (χ2v) is 10.3. The average Bonchev–Trinajstić information content (AvgIpc) is 2.80. The SMILES string of the molecule is CCCN(CCOC(=O)C(C)CC)S(=O)(=O)C(F)(F)C(F)(F)C(F)(F)C(F)(F)C(F)(F)C(F)(F)C(F)(F)C(F)(F)F. The number of esters is 1. The van der Waals surface area contributed by atoms with Crippen molar-refractivity contribution in [3.8, 4) is 0 Å². The number of rotatable bonds is 15. The van der Waals surface area contributed by atoms with Crippen LogP contribution in [-0.2, 0) is 19.6 Å². The van der Waals surface area contributed by atoms with E-state index in [2.05, 4.69) is 4.74 Å². The smallest absolute Gasteiger partial charge is 0.460 e. The first-order valence-electron chi connectivity index (χ1n) is 10.7. The predicted molar refractivity (Wildman–Crippen MR) is 102 cm³/mol. The first-order valence-corrected chi connectivity index (χ1v) is 12.1. The molecule has 5 nitrogen and oxygen atoms in total. The van der Waals surface area contributed by atoms with Crippen LogP contribution >= 0.6 is 0 Å². The largest absolute Gasteiger partial charge is 0.464 e. The van der Waals surface area contributed by atoms with Gasteiger partial charge in [-0.3, -0.25) is 4.79 Å². The molecule has 0 rings (SSSR count). The summed E-state index contributed by atoms with van der Waals surface area (Å²) in [5, 5.41) is -7.65. The van der Waals surface area contributed by atoms with Crippen molar-refractivity contribution < 1.29 is 92.6 Å². The third-order valence-electron chi connectivity index (χ3n) is 5.43. The van der Waals surface area contributed by atoms with Gasteiger partial charge in [0, 0.05) is 13.1 Å². The summed E-state index contributed by atoms with van der Waals surface area (Å²) in [4.78, 5) is 11.6. The molecule has 0 radical (unpaired) electrons. The van der Waals surface area contributed by atoms with E-state index >= 15 is 0 Å². The molecule has 1 atom stereocenters. The maximum absolute atomic E-state index is 14.4. The van der Waals surface area contributed by atoms with E-state index in [-0.39, 0.29) is 6.42 Å². The Morgan fingerprint density at radius 1 is 0.659 bits per heavy atom. The number of carbonyl (C=O) groups is 1. The van der Waals surface area contributed by atoms with E-state index in [9.17, 15) is 87.8 Å². The van der Waals surface area contributed by atoms with Crippen LogP contribution in [0.25, 0.3) is 0 Å². The van der Waals surface area contributed by atoms with Crippen LogP contribution in [0.4, 0.5) is 74.6 Å². The topological polar surface area (TPSA) is 63.7 Å². The minimum absolute atomic E-state index is 0.0992. The zero-order valence-electron chi connectivity index (χ0n) is 20.5. The molecular formula is C18H20F17NO4S. The van der Waals surface area contributed by atoms with Gasteiger partial charge in [-0.25, -0.2) is 8.42 Å². The number of ether oxygens (including phenoxy) is 1. The Hall–Kier alpha value is -1.81. The van der Waals surface area contributed by atoms with Crippen molar-refractivity contribution in [1.29, 1.82) is 0 Å². The monoisotopic (exact) mass is 669 g/mol. The highest BCUT2D eigenvalue weighted by Crippen LogP contribution is 2.64. The van der Waals surface area contributed by atoms with E-state index in [1.165, 1.54) is 13.8 Å². The highest BCUT2D eigenvalue weighted by molar-refractivity contribution is 7.90. The van der Waals surface area contributed by atoms with Crippen LogP contribution in [0.2, 0.25) is 0 Å². The lowest BCUT2D eigenvalue weighted by atomic mass is 9.91.